The number of nitrogens with two attached hydrogens (primary N) is 2. The maximum atomic E-state index is 15.0. The molecule has 2 atom stereocenters. The molecule has 10 nitrogen and oxygen atoms in total. The fourth-order valence-corrected chi connectivity index (χ4v) is 3.25. The number of ether oxygens (including phenoxy) is 3. The van der Waals surface area contributed by atoms with Gasteiger partial charge in [-0.15, -0.1) is 0 Å². The van der Waals surface area contributed by atoms with Gasteiger partial charge in [-0.1, -0.05) is 12.1 Å². The van der Waals surface area contributed by atoms with Gasteiger partial charge in [-0.05, 0) is 30.7 Å². The van der Waals surface area contributed by atoms with Crippen molar-refractivity contribution in [3.05, 3.63) is 59.4 Å². The lowest BCUT2D eigenvalue weighted by Crippen LogP contribution is -2.31. The Morgan fingerprint density at radius 1 is 0.971 bits per heavy atom. The Balaban J connectivity index is 2.00. The minimum Gasteiger partial charge on any atom is -0.497 e. The van der Waals surface area contributed by atoms with E-state index in [0.29, 0.717) is 11.4 Å². The lowest BCUT2D eigenvalue weighted by molar-refractivity contribution is 0.100. The molecule has 0 aliphatic heterocycles. The van der Waals surface area contributed by atoms with E-state index < -0.39 is 23.8 Å². The molecule has 180 valence electrons. The number of carbonyl (C=O) groups excluding carboxylic acids is 1. The van der Waals surface area contributed by atoms with Gasteiger partial charge >= 0.3 is 0 Å². The highest BCUT2D eigenvalue weighted by Gasteiger charge is 2.22. The lowest BCUT2D eigenvalue weighted by Gasteiger charge is -2.24. The smallest absolute Gasteiger partial charge is 0.252 e. The van der Waals surface area contributed by atoms with E-state index in [-0.39, 0.29) is 29.0 Å². The molecule has 6 N–H and O–H groups in total. The number of primary amides is 1. The van der Waals surface area contributed by atoms with Gasteiger partial charge in [0.1, 0.15) is 11.6 Å². The number of amides is 1. The van der Waals surface area contributed by atoms with Crippen molar-refractivity contribution >= 4 is 23.2 Å². The molecule has 2 aromatic heterocycles. The largest absolute Gasteiger partial charge is 0.497 e. The van der Waals surface area contributed by atoms with Crippen LogP contribution in [0.25, 0.3) is 0 Å². The van der Waals surface area contributed by atoms with Crippen LogP contribution in [-0.2, 0) is 0 Å². The molecule has 0 saturated carbocycles. The summed E-state index contributed by atoms with van der Waals surface area (Å²) in [5.41, 5.74) is 12.7. The van der Waals surface area contributed by atoms with Gasteiger partial charge in [0, 0.05) is 18.2 Å². The number of nitrogens with zero attached hydrogens (tertiary/aromatic N) is 2. The number of hydrogen-bond acceptors (Lipinski definition) is 9. The summed E-state index contributed by atoms with van der Waals surface area (Å²) in [6.07, 6.45) is 0. The molecule has 0 unspecified atom stereocenters. The van der Waals surface area contributed by atoms with E-state index in [0.717, 1.165) is 11.6 Å². The van der Waals surface area contributed by atoms with Gasteiger partial charge in [0.2, 0.25) is 11.8 Å². The molecule has 1 amide bonds. The van der Waals surface area contributed by atoms with E-state index in [1.807, 2.05) is 12.1 Å². The lowest BCUT2D eigenvalue weighted by atomic mass is 10.0. The maximum absolute atomic E-state index is 15.0. The van der Waals surface area contributed by atoms with Gasteiger partial charge in [0.15, 0.2) is 11.6 Å². The second-order valence-electron chi connectivity index (χ2n) is 7.40. The number of methoxy groups -OCH3 is 3. The highest BCUT2D eigenvalue weighted by atomic mass is 19.1. The summed E-state index contributed by atoms with van der Waals surface area (Å²) >= 11 is 0. The molecule has 0 saturated heterocycles. The predicted molar refractivity (Wildman–Crippen MR) is 126 cm³/mol. The van der Waals surface area contributed by atoms with Crippen molar-refractivity contribution in [3.63, 3.8) is 0 Å². The highest BCUT2D eigenvalue weighted by molar-refractivity contribution is 5.98. The van der Waals surface area contributed by atoms with Crippen molar-refractivity contribution in [2.45, 2.75) is 19.0 Å². The number of carbonyl (C=O) groups is 1. The topological polar surface area (TPSA) is 147 Å². The molecule has 0 spiro atoms. The van der Waals surface area contributed by atoms with Crippen molar-refractivity contribution in [3.8, 4) is 17.5 Å². The second-order valence-corrected chi connectivity index (χ2v) is 7.40. The summed E-state index contributed by atoms with van der Waals surface area (Å²) in [5, 5.41) is 5.99. The Kier molecular flexibility index (Phi) is 7.69. The molecular weight excluding hydrogens is 443 g/mol. The summed E-state index contributed by atoms with van der Waals surface area (Å²) < 4.78 is 30.5. The van der Waals surface area contributed by atoms with Crippen LogP contribution in [0.1, 0.15) is 28.9 Å². The van der Waals surface area contributed by atoms with Gasteiger partial charge in [-0.3, -0.25) is 4.79 Å². The number of hydrogen-bond donors (Lipinski definition) is 4. The van der Waals surface area contributed by atoms with Crippen molar-refractivity contribution in [1.82, 2.24) is 9.97 Å². The van der Waals surface area contributed by atoms with E-state index in [2.05, 4.69) is 20.6 Å². The van der Waals surface area contributed by atoms with Crippen LogP contribution in [0.15, 0.2) is 42.5 Å². The van der Waals surface area contributed by atoms with Gasteiger partial charge in [-0.2, -0.15) is 4.98 Å². The van der Waals surface area contributed by atoms with Crippen LogP contribution in [0.5, 0.6) is 17.5 Å². The summed E-state index contributed by atoms with van der Waals surface area (Å²) in [6.45, 7) is 1.78. The average molecular weight is 471 g/mol. The van der Waals surface area contributed by atoms with Gasteiger partial charge in [0.05, 0.1) is 38.6 Å². The third kappa shape index (κ3) is 5.62. The first-order valence-electron chi connectivity index (χ1n) is 10.3. The summed E-state index contributed by atoms with van der Waals surface area (Å²) in [4.78, 5) is 20.4. The van der Waals surface area contributed by atoms with Crippen molar-refractivity contribution in [1.29, 1.82) is 0 Å². The van der Waals surface area contributed by atoms with Crippen LogP contribution in [-0.4, -0.2) is 43.2 Å². The van der Waals surface area contributed by atoms with Crippen LogP contribution >= 0.6 is 0 Å². The Hall–Kier alpha value is -4.12. The van der Waals surface area contributed by atoms with E-state index in [4.69, 9.17) is 25.7 Å². The number of pyridine rings is 2. The second kappa shape index (κ2) is 10.7. The molecular formula is C23H27FN6O4. The Labute approximate surface area is 196 Å². The molecule has 0 aliphatic carbocycles. The van der Waals surface area contributed by atoms with Crippen molar-refractivity contribution in [2.75, 3.05) is 32.0 Å². The first-order valence-corrected chi connectivity index (χ1v) is 10.3. The van der Waals surface area contributed by atoms with E-state index in [1.165, 1.54) is 14.2 Å². The molecule has 34 heavy (non-hydrogen) atoms. The average Bonchev–Trinajstić information content (AvgIpc) is 2.83. The third-order valence-corrected chi connectivity index (χ3v) is 4.99. The number of rotatable bonds is 10. The zero-order valence-electron chi connectivity index (χ0n) is 19.3. The molecule has 1 aromatic carbocycles. The number of aromatic nitrogens is 2. The normalized spacial score (nSPS) is 12.4. The van der Waals surface area contributed by atoms with Gasteiger partial charge < -0.3 is 36.3 Å². The molecule has 0 fully saturated rings. The van der Waals surface area contributed by atoms with Crippen LogP contribution in [0.4, 0.5) is 21.7 Å². The molecule has 3 rings (SSSR count). The first-order chi connectivity index (χ1) is 16.2. The fourth-order valence-electron chi connectivity index (χ4n) is 3.25. The van der Waals surface area contributed by atoms with Crippen molar-refractivity contribution in [2.24, 2.45) is 11.5 Å². The SMILES string of the molecule is COc1ccc([C@@H](Nc2nc(Nc3cc(OC)nc(OC)c3)c(C(N)=O)cc2F)[C@H](C)N)cc1. The summed E-state index contributed by atoms with van der Waals surface area (Å²) in [6, 6.07) is 10.5. The maximum Gasteiger partial charge on any atom is 0.252 e. The molecule has 0 aliphatic rings. The third-order valence-electron chi connectivity index (χ3n) is 4.99. The predicted octanol–water partition coefficient (Wildman–Crippen LogP) is 2.98. The minimum atomic E-state index is -0.854. The monoisotopic (exact) mass is 470 g/mol. The van der Waals surface area contributed by atoms with E-state index >= 15 is 0 Å². The molecule has 3 aromatic rings. The zero-order valence-corrected chi connectivity index (χ0v) is 19.3. The zero-order chi connectivity index (χ0) is 24.8. The van der Waals surface area contributed by atoms with Crippen LogP contribution < -0.4 is 36.3 Å². The van der Waals surface area contributed by atoms with E-state index in [9.17, 15) is 9.18 Å². The van der Waals surface area contributed by atoms with Crippen molar-refractivity contribution < 1.29 is 23.4 Å². The van der Waals surface area contributed by atoms with E-state index in [1.54, 1.807) is 38.3 Å². The minimum absolute atomic E-state index is 0.0323. The number of nitrogens with one attached hydrogen (secondary N) is 2. The quantitative estimate of drug-likeness (QED) is 0.351. The van der Waals surface area contributed by atoms with Gasteiger partial charge in [0.25, 0.3) is 5.91 Å². The number of halogens is 1. The Morgan fingerprint density at radius 2 is 1.59 bits per heavy atom. The van der Waals surface area contributed by atoms with Crippen LogP contribution in [0.3, 0.4) is 0 Å². The molecule has 2 heterocycles. The number of anilines is 3. The number of benzene rings is 1. The fraction of sp³-hybridized carbons (Fsp3) is 0.261. The Morgan fingerprint density at radius 3 is 2.09 bits per heavy atom. The summed E-state index contributed by atoms with van der Waals surface area (Å²) in [7, 11) is 4.47. The van der Waals surface area contributed by atoms with Crippen LogP contribution in [0, 0.1) is 5.82 Å². The summed E-state index contributed by atoms with van der Waals surface area (Å²) in [5.74, 6) is -0.491. The molecule has 11 heteroatoms. The first kappa shape index (κ1) is 24.5. The van der Waals surface area contributed by atoms with Crippen LogP contribution in [0.2, 0.25) is 0 Å². The molecule has 0 radical (unpaired) electrons. The Bertz CT molecular complexity index is 1130. The standard InChI is InChI=1S/C23H27FN6O4/c1-12(25)20(13-5-7-15(32-2)8-6-13)29-23-17(24)11-16(21(26)31)22(30-23)27-14-9-18(33-3)28-19(10-14)34-4/h5-12,20H,25H2,1-4H3,(H2,26,31)(H2,27,28,29,30)/t12-,20-/m0/s1. The highest BCUT2D eigenvalue weighted by Crippen LogP contribution is 2.30. The van der Waals surface area contributed by atoms with Gasteiger partial charge in [-0.25, -0.2) is 9.37 Å². The molecule has 0 bridgehead atoms.